The minimum absolute atomic E-state index is 0.0760. The number of Topliss-reactive ketones (excluding diaryl/α,β-unsaturated/α-hetero) is 1. The van der Waals surface area contributed by atoms with Crippen LogP contribution in [0.1, 0.15) is 22.8 Å². The van der Waals surface area contributed by atoms with Gasteiger partial charge in [0, 0.05) is 5.02 Å². The molecule has 0 spiro atoms. The lowest BCUT2D eigenvalue weighted by atomic mass is 10.1. The summed E-state index contributed by atoms with van der Waals surface area (Å²) in [5.41, 5.74) is 1.11. The van der Waals surface area contributed by atoms with Crippen molar-refractivity contribution in [3.63, 3.8) is 0 Å². The van der Waals surface area contributed by atoms with Gasteiger partial charge in [0.05, 0.1) is 11.3 Å². The third kappa shape index (κ3) is 4.53. The first-order valence-electron chi connectivity index (χ1n) is 6.86. The summed E-state index contributed by atoms with van der Waals surface area (Å²) in [7, 11) is 0. The molecule has 0 aliphatic carbocycles. The molecule has 0 unspecified atom stereocenters. The Bertz CT molecular complexity index is 761. The maximum absolute atomic E-state index is 13.7. The van der Waals surface area contributed by atoms with E-state index in [1.54, 1.807) is 19.1 Å². The highest BCUT2D eigenvalue weighted by molar-refractivity contribution is 6.31. The van der Waals surface area contributed by atoms with Gasteiger partial charge in [0.15, 0.2) is 12.4 Å². The molecule has 2 aromatic carbocycles. The molecule has 0 saturated carbocycles. The fraction of sp³-hybridized carbons (Fsp3) is 0.176. The van der Waals surface area contributed by atoms with Crippen LogP contribution in [0.5, 0.6) is 5.75 Å². The zero-order chi connectivity index (χ0) is 17.0. The molecule has 4 nitrogen and oxygen atoms in total. The van der Waals surface area contributed by atoms with Crippen LogP contribution in [0.15, 0.2) is 36.4 Å². The van der Waals surface area contributed by atoms with Gasteiger partial charge in [0.25, 0.3) is 5.91 Å². The zero-order valence-electron chi connectivity index (χ0n) is 12.7. The van der Waals surface area contributed by atoms with E-state index in [4.69, 9.17) is 16.3 Å². The minimum Gasteiger partial charge on any atom is -0.483 e. The second-order valence-corrected chi connectivity index (χ2v) is 5.45. The highest BCUT2D eigenvalue weighted by Crippen LogP contribution is 2.23. The van der Waals surface area contributed by atoms with Gasteiger partial charge in [-0.25, -0.2) is 4.39 Å². The van der Waals surface area contributed by atoms with E-state index in [1.807, 2.05) is 0 Å². The number of hydrogen-bond donors (Lipinski definition) is 1. The number of anilines is 1. The Morgan fingerprint density at radius 2 is 1.96 bits per heavy atom. The standard InChI is InChI=1S/C17H15ClFNO3/c1-10-3-5-15(14(19)7-10)20-17(22)9-23-16-6-4-12(18)8-13(16)11(2)21/h3-8H,9H2,1-2H3,(H,20,22). The summed E-state index contributed by atoms with van der Waals surface area (Å²) in [6.07, 6.45) is 0. The topological polar surface area (TPSA) is 55.4 Å². The molecule has 1 amide bonds. The molecule has 2 rings (SSSR count). The molecule has 120 valence electrons. The van der Waals surface area contributed by atoms with Gasteiger partial charge in [-0.05, 0) is 49.7 Å². The summed E-state index contributed by atoms with van der Waals surface area (Å²) in [4.78, 5) is 23.4. The molecule has 6 heteroatoms. The average Bonchev–Trinajstić information content (AvgIpc) is 2.48. The smallest absolute Gasteiger partial charge is 0.262 e. The van der Waals surface area contributed by atoms with Gasteiger partial charge in [0.2, 0.25) is 0 Å². The van der Waals surface area contributed by atoms with E-state index in [0.29, 0.717) is 5.02 Å². The highest BCUT2D eigenvalue weighted by atomic mass is 35.5. The molecule has 0 aliphatic heterocycles. The molecule has 2 aromatic rings. The number of aryl methyl sites for hydroxylation is 1. The van der Waals surface area contributed by atoms with Crippen molar-refractivity contribution < 1.29 is 18.7 Å². The first-order chi connectivity index (χ1) is 10.9. The summed E-state index contributed by atoms with van der Waals surface area (Å²) in [6.45, 7) is 2.77. The predicted octanol–water partition coefficient (Wildman–Crippen LogP) is 4.01. The van der Waals surface area contributed by atoms with E-state index < -0.39 is 11.7 Å². The number of carbonyl (C=O) groups excluding carboxylic acids is 2. The Morgan fingerprint density at radius 1 is 1.22 bits per heavy atom. The maximum atomic E-state index is 13.7. The van der Waals surface area contributed by atoms with E-state index in [2.05, 4.69) is 5.32 Å². The summed E-state index contributed by atoms with van der Waals surface area (Å²) in [5, 5.41) is 2.81. The average molecular weight is 336 g/mol. The molecule has 1 N–H and O–H groups in total. The van der Waals surface area contributed by atoms with Crippen LogP contribution in [0.4, 0.5) is 10.1 Å². The lowest BCUT2D eigenvalue weighted by Crippen LogP contribution is -2.21. The first-order valence-corrected chi connectivity index (χ1v) is 7.24. The van der Waals surface area contributed by atoms with E-state index in [-0.39, 0.29) is 29.4 Å². The number of amides is 1. The van der Waals surface area contributed by atoms with Crippen molar-refractivity contribution in [3.05, 3.63) is 58.4 Å². The Hall–Kier alpha value is -2.40. The molecule has 0 bridgehead atoms. The van der Waals surface area contributed by atoms with E-state index in [9.17, 15) is 14.0 Å². The van der Waals surface area contributed by atoms with Crippen LogP contribution in [0.25, 0.3) is 0 Å². The monoisotopic (exact) mass is 335 g/mol. The lowest BCUT2D eigenvalue weighted by Gasteiger charge is -2.11. The number of ketones is 1. The van der Waals surface area contributed by atoms with Crippen LogP contribution in [0, 0.1) is 12.7 Å². The Balaban J connectivity index is 2.03. The van der Waals surface area contributed by atoms with Gasteiger partial charge in [-0.1, -0.05) is 17.7 Å². The summed E-state index contributed by atoms with van der Waals surface area (Å²) >= 11 is 5.83. The molecule has 0 aromatic heterocycles. The number of carbonyl (C=O) groups is 2. The maximum Gasteiger partial charge on any atom is 0.262 e. The molecule has 0 saturated heterocycles. The second-order valence-electron chi connectivity index (χ2n) is 5.02. The van der Waals surface area contributed by atoms with Crippen LogP contribution in [0.2, 0.25) is 5.02 Å². The normalized spacial score (nSPS) is 10.3. The van der Waals surface area contributed by atoms with E-state index in [0.717, 1.165) is 5.56 Å². The number of halogens is 2. The fourth-order valence-corrected chi connectivity index (χ4v) is 2.13. The SMILES string of the molecule is CC(=O)c1cc(Cl)ccc1OCC(=O)Nc1ccc(C)cc1F. The molecule has 0 aliphatic rings. The van der Waals surface area contributed by atoms with Crippen molar-refractivity contribution in [2.24, 2.45) is 0 Å². The first kappa shape index (κ1) is 17.0. The number of nitrogens with one attached hydrogen (secondary N) is 1. The van der Waals surface area contributed by atoms with Crippen molar-refractivity contribution in [1.29, 1.82) is 0 Å². The largest absolute Gasteiger partial charge is 0.483 e. The van der Waals surface area contributed by atoms with Crippen molar-refractivity contribution in [3.8, 4) is 5.75 Å². The molecule has 0 atom stereocenters. The van der Waals surface area contributed by atoms with Gasteiger partial charge in [-0.15, -0.1) is 0 Å². The molecule has 0 heterocycles. The number of hydrogen-bond acceptors (Lipinski definition) is 3. The molecular formula is C17H15ClFNO3. The van der Waals surface area contributed by atoms with Gasteiger partial charge < -0.3 is 10.1 Å². The molecular weight excluding hydrogens is 321 g/mol. The Labute approximate surface area is 138 Å². The summed E-state index contributed by atoms with van der Waals surface area (Å²) in [5.74, 6) is -1.03. The van der Waals surface area contributed by atoms with Crippen LogP contribution in [-0.2, 0) is 4.79 Å². The van der Waals surface area contributed by atoms with E-state index >= 15 is 0 Å². The van der Waals surface area contributed by atoms with Crippen LogP contribution < -0.4 is 10.1 Å². The third-order valence-corrected chi connectivity index (χ3v) is 3.31. The lowest BCUT2D eigenvalue weighted by molar-refractivity contribution is -0.118. The van der Waals surface area contributed by atoms with Crippen molar-refractivity contribution >= 4 is 29.0 Å². The van der Waals surface area contributed by atoms with Crippen LogP contribution in [-0.4, -0.2) is 18.3 Å². The highest BCUT2D eigenvalue weighted by Gasteiger charge is 2.12. The molecule has 23 heavy (non-hydrogen) atoms. The van der Waals surface area contributed by atoms with Crippen molar-refractivity contribution in [2.75, 3.05) is 11.9 Å². The third-order valence-electron chi connectivity index (χ3n) is 3.08. The number of rotatable bonds is 5. The van der Waals surface area contributed by atoms with Gasteiger partial charge in [-0.2, -0.15) is 0 Å². The minimum atomic E-state index is -0.530. The predicted molar refractivity (Wildman–Crippen MR) is 86.7 cm³/mol. The van der Waals surface area contributed by atoms with Gasteiger partial charge >= 0.3 is 0 Å². The summed E-state index contributed by atoms with van der Waals surface area (Å²) in [6, 6.07) is 9.03. The quantitative estimate of drug-likeness (QED) is 0.840. The molecule has 0 fully saturated rings. The second kappa shape index (κ2) is 7.24. The Kier molecular flexibility index (Phi) is 5.34. The van der Waals surface area contributed by atoms with Crippen molar-refractivity contribution in [2.45, 2.75) is 13.8 Å². The zero-order valence-corrected chi connectivity index (χ0v) is 13.4. The number of ether oxygens (including phenoxy) is 1. The van der Waals surface area contributed by atoms with Crippen LogP contribution >= 0.6 is 11.6 Å². The fourth-order valence-electron chi connectivity index (χ4n) is 1.95. The number of benzene rings is 2. The molecule has 0 radical (unpaired) electrons. The van der Waals surface area contributed by atoms with Gasteiger partial charge in [0.1, 0.15) is 11.6 Å². The Morgan fingerprint density at radius 3 is 2.61 bits per heavy atom. The summed E-state index contributed by atoms with van der Waals surface area (Å²) < 4.78 is 19.0. The van der Waals surface area contributed by atoms with Gasteiger partial charge in [-0.3, -0.25) is 9.59 Å². The van der Waals surface area contributed by atoms with Crippen molar-refractivity contribution in [1.82, 2.24) is 0 Å². The van der Waals surface area contributed by atoms with E-state index in [1.165, 1.54) is 31.2 Å². The van der Waals surface area contributed by atoms with Crippen LogP contribution in [0.3, 0.4) is 0 Å².